The van der Waals surface area contributed by atoms with Crippen molar-refractivity contribution in [3.63, 3.8) is 0 Å². The van der Waals surface area contributed by atoms with Crippen molar-refractivity contribution in [2.24, 2.45) is 0 Å². The maximum absolute atomic E-state index is 13.9. The van der Waals surface area contributed by atoms with Crippen molar-refractivity contribution in [1.29, 1.82) is 0 Å². The van der Waals surface area contributed by atoms with Crippen LogP contribution in [0.25, 0.3) is 83.6 Å². The number of pyridine rings is 1. The Bertz CT molecular complexity index is 3410. The minimum atomic E-state index is -6.21. The van der Waals surface area contributed by atoms with Crippen LogP contribution in [0, 0.1) is 17.9 Å². The summed E-state index contributed by atoms with van der Waals surface area (Å²) >= 11 is 0. The number of aromatic nitrogens is 3. The molecule has 0 amide bonds. The minimum absolute atomic E-state index is 0. The number of nitrogens with zero attached hydrogens (tertiary/aromatic N) is 3. The number of hydrogen-bond acceptors (Lipinski definition) is 3. The number of fused-ring (bicyclic) bond motifs is 4. The van der Waals surface area contributed by atoms with Crippen molar-refractivity contribution in [2.45, 2.75) is 57.6 Å². The van der Waals surface area contributed by atoms with E-state index in [1.54, 1.807) is 0 Å². The Morgan fingerprint density at radius 1 is 0.600 bits per heavy atom. The van der Waals surface area contributed by atoms with Gasteiger partial charge in [-0.05, 0) is 87.3 Å². The predicted octanol–water partition coefficient (Wildman–Crippen LogP) is 16.9. The summed E-state index contributed by atoms with van der Waals surface area (Å²) in [6.45, 7) is 9.14. The van der Waals surface area contributed by atoms with Crippen LogP contribution in [0.2, 0.25) is 0 Å². The Balaban J connectivity index is 0.000000233. The zero-order valence-corrected chi connectivity index (χ0v) is 40.2. The van der Waals surface area contributed by atoms with E-state index in [0.29, 0.717) is 12.3 Å². The molecule has 4 nitrogen and oxygen atoms in total. The van der Waals surface area contributed by atoms with E-state index >= 15 is 0 Å². The largest absolute Gasteiger partial charge is 0.501 e. The third-order valence-electron chi connectivity index (χ3n) is 12.1. The first-order valence-electron chi connectivity index (χ1n) is 22.0. The Morgan fingerprint density at radius 2 is 1.21 bits per heavy atom. The Morgan fingerprint density at radius 3 is 1.81 bits per heavy atom. The molecule has 7 aromatic carbocycles. The van der Waals surface area contributed by atoms with Crippen LogP contribution < -0.4 is 0 Å². The molecule has 0 saturated carbocycles. The summed E-state index contributed by atoms with van der Waals surface area (Å²) in [5, 5.41) is 2.15. The minimum Gasteiger partial charge on any atom is -0.501 e. The van der Waals surface area contributed by atoms with E-state index in [0.717, 1.165) is 68.1 Å². The molecule has 357 valence electrons. The Kier molecular flexibility index (Phi) is 13.7. The number of hydrogen-bond donors (Lipinski definition) is 0. The monoisotopic (exact) mass is 1130 g/mol. The number of furan rings is 1. The molecule has 0 aliphatic rings. The van der Waals surface area contributed by atoms with Crippen molar-refractivity contribution >= 4 is 33.0 Å². The smallest absolute Gasteiger partial charge is 0.435 e. The van der Waals surface area contributed by atoms with Gasteiger partial charge in [0.05, 0.1) is 22.4 Å². The number of imidazole rings is 1. The fourth-order valence-corrected chi connectivity index (χ4v) is 8.60. The normalized spacial score (nSPS) is 12.1. The molecule has 0 aliphatic carbocycles. The average Bonchev–Trinajstić information content (AvgIpc) is 3.92. The van der Waals surface area contributed by atoms with E-state index in [9.17, 15) is 35.1 Å². The van der Waals surface area contributed by atoms with Gasteiger partial charge in [-0.1, -0.05) is 130 Å². The first kappa shape index (κ1) is 49.5. The van der Waals surface area contributed by atoms with Crippen LogP contribution in [0.1, 0.15) is 56.2 Å². The first-order chi connectivity index (χ1) is 32.9. The molecule has 3 aromatic heterocycles. The quantitative estimate of drug-likeness (QED) is 0.112. The van der Waals surface area contributed by atoms with Crippen molar-refractivity contribution < 1.29 is 59.6 Å². The van der Waals surface area contributed by atoms with Crippen LogP contribution in [0.3, 0.4) is 0 Å². The number of benzene rings is 7. The molecule has 70 heavy (non-hydrogen) atoms. The summed E-state index contributed by atoms with van der Waals surface area (Å²) in [6.07, 6.45) is -11.8. The van der Waals surface area contributed by atoms with Crippen LogP contribution >= 0.6 is 0 Å². The molecular formula is C57H41F8IrN3O-2. The molecular weight excluding hydrogens is 1090 g/mol. The van der Waals surface area contributed by atoms with Gasteiger partial charge in [0.2, 0.25) is 0 Å². The molecule has 10 rings (SSSR count). The van der Waals surface area contributed by atoms with Crippen LogP contribution in [-0.4, -0.2) is 26.9 Å². The topological polar surface area (TPSA) is 43.9 Å². The Labute approximate surface area is 412 Å². The second kappa shape index (κ2) is 19.4. The van der Waals surface area contributed by atoms with E-state index < -0.39 is 35.1 Å². The van der Waals surface area contributed by atoms with Crippen molar-refractivity contribution in [1.82, 2.24) is 14.5 Å². The second-order valence-electron chi connectivity index (χ2n) is 17.2. The molecule has 0 N–H and O–H groups in total. The number of rotatable bonds is 8. The molecule has 10 aromatic rings. The van der Waals surface area contributed by atoms with Gasteiger partial charge in [0.25, 0.3) is 0 Å². The molecule has 0 unspecified atom stereocenters. The van der Waals surface area contributed by atoms with Gasteiger partial charge in [-0.3, -0.25) is 9.37 Å². The zero-order chi connectivity index (χ0) is 48.8. The maximum atomic E-state index is 13.9. The molecule has 0 spiro atoms. The van der Waals surface area contributed by atoms with E-state index in [1.807, 2.05) is 12.1 Å². The average molecular weight is 1130 g/mol. The van der Waals surface area contributed by atoms with Crippen molar-refractivity contribution in [3.05, 3.63) is 199 Å². The molecule has 1 radical (unpaired) electrons. The molecule has 0 aliphatic heterocycles. The van der Waals surface area contributed by atoms with Gasteiger partial charge in [0, 0.05) is 48.8 Å². The summed E-state index contributed by atoms with van der Waals surface area (Å²) in [6, 6.07) is 54.1. The van der Waals surface area contributed by atoms with E-state index in [4.69, 9.17) is 9.40 Å². The van der Waals surface area contributed by atoms with Gasteiger partial charge < -0.3 is 14.0 Å². The summed E-state index contributed by atoms with van der Waals surface area (Å²) < 4.78 is 112. The molecule has 0 saturated heterocycles. The summed E-state index contributed by atoms with van der Waals surface area (Å²) in [4.78, 5) is 8.86. The molecule has 0 atom stereocenters. The van der Waals surface area contributed by atoms with Crippen molar-refractivity contribution in [2.75, 3.05) is 0 Å². The summed E-state index contributed by atoms with van der Waals surface area (Å²) in [7, 11) is 0. The van der Waals surface area contributed by atoms with Crippen LogP contribution in [0.5, 0.6) is 0 Å². The number of halogens is 8. The van der Waals surface area contributed by atoms with Gasteiger partial charge in [-0.2, -0.15) is 26.3 Å². The van der Waals surface area contributed by atoms with E-state index in [1.165, 1.54) is 33.5 Å². The van der Waals surface area contributed by atoms with Crippen LogP contribution in [-0.2, 0) is 25.8 Å². The molecule has 13 heteroatoms. The van der Waals surface area contributed by atoms with Crippen molar-refractivity contribution in [3.8, 4) is 50.6 Å². The fourth-order valence-electron chi connectivity index (χ4n) is 8.60. The van der Waals surface area contributed by atoms with E-state index in [-0.39, 0.29) is 43.6 Å². The Hall–Kier alpha value is -6.95. The molecule has 0 bridgehead atoms. The second-order valence-corrected chi connectivity index (χ2v) is 17.2. The predicted molar refractivity (Wildman–Crippen MR) is 255 cm³/mol. The van der Waals surface area contributed by atoms with Crippen LogP contribution in [0.15, 0.2) is 168 Å². The molecule has 3 heterocycles. The zero-order valence-electron chi connectivity index (χ0n) is 37.9. The van der Waals surface area contributed by atoms with Gasteiger partial charge in [0.1, 0.15) is 5.58 Å². The van der Waals surface area contributed by atoms with Gasteiger partial charge in [-0.25, -0.2) is 4.39 Å². The third-order valence-corrected chi connectivity index (χ3v) is 12.1. The van der Waals surface area contributed by atoms with Gasteiger partial charge >= 0.3 is 18.0 Å². The molecule has 0 fully saturated rings. The third kappa shape index (κ3) is 9.16. The van der Waals surface area contributed by atoms with E-state index in [2.05, 4.69) is 165 Å². The number of alkyl halides is 7. The SMILES string of the molecule is CC(C)c1cc(-c2ccccc2)cc(C(C)C)c1-n1c(-c2[c-]ccc3c2oc2cc(-c4ccccc4)ccc23)nc2ccccc21.Fc1c[c-]c(-c2cc(C(F)(C(F)(F)F)C(F)(F)F)ccn2)cc1.[Ir]. The van der Waals surface area contributed by atoms with Gasteiger partial charge in [0.15, 0.2) is 0 Å². The first-order valence-corrected chi connectivity index (χ1v) is 22.0. The maximum Gasteiger partial charge on any atom is 0.435 e. The van der Waals surface area contributed by atoms with Crippen LogP contribution in [0.4, 0.5) is 35.1 Å². The summed E-state index contributed by atoms with van der Waals surface area (Å²) in [5.41, 5.74) is 5.38. The van der Waals surface area contributed by atoms with Gasteiger partial charge in [-0.15, -0.1) is 48.0 Å². The number of para-hydroxylation sites is 2. The fraction of sp³-hybridized carbons (Fsp3) is 0.158. The standard InChI is InChI=1S/C43H35N2O.C14H6F8N.Ir/c1-27(2)36-24-32(30-16-9-6-10-17-30)25-37(28(3)4)41(36)45-39-21-12-11-20-38(39)44-43(45)35-19-13-18-34-33-23-22-31(26-40(33)46-42(34)35)29-14-7-5-8-15-29;15-10-3-1-8(2-4-10)11-7-9(5-6-23-11)12(16,13(17,18)19)14(20,21)22;/h5-18,20-28H,1-4H3;1,3-7H;/q2*-1;. The summed E-state index contributed by atoms with van der Waals surface area (Å²) in [5.74, 6) is 0.695.